The molecule has 4 aromatic rings. The van der Waals surface area contributed by atoms with Gasteiger partial charge in [-0.2, -0.15) is 10.2 Å². The van der Waals surface area contributed by atoms with Crippen LogP contribution in [0.2, 0.25) is 0 Å². The van der Waals surface area contributed by atoms with E-state index in [2.05, 4.69) is 20.5 Å². The van der Waals surface area contributed by atoms with Crippen LogP contribution in [0.4, 0.5) is 5.95 Å². The fraction of sp³-hybridized carbons (Fsp3) is 0.0526. The predicted molar refractivity (Wildman–Crippen MR) is 97.6 cm³/mol. The van der Waals surface area contributed by atoms with Gasteiger partial charge in [-0.05, 0) is 30.3 Å². The molecule has 128 valence electrons. The predicted octanol–water partition coefficient (Wildman–Crippen LogP) is 3.08. The first-order chi connectivity index (χ1) is 12.8. The van der Waals surface area contributed by atoms with E-state index in [4.69, 9.17) is 4.74 Å². The van der Waals surface area contributed by atoms with E-state index in [9.17, 15) is 4.79 Å². The molecule has 1 amide bonds. The number of para-hydroxylation sites is 4. The van der Waals surface area contributed by atoms with E-state index < -0.39 is 0 Å². The van der Waals surface area contributed by atoms with Crippen molar-refractivity contribution in [1.29, 1.82) is 0 Å². The molecule has 0 atom stereocenters. The Bertz CT molecular complexity index is 1080. The quantitative estimate of drug-likeness (QED) is 0.615. The Morgan fingerprint density at radius 3 is 2.65 bits per heavy atom. The molecule has 2 aromatic carbocycles. The molecule has 0 aliphatic carbocycles. The van der Waals surface area contributed by atoms with Gasteiger partial charge in [-0.15, -0.1) is 0 Å². The summed E-state index contributed by atoms with van der Waals surface area (Å²) in [6, 6.07) is 16.8. The van der Waals surface area contributed by atoms with Crippen LogP contribution in [0.5, 0.6) is 5.75 Å². The summed E-state index contributed by atoms with van der Waals surface area (Å²) in [5.74, 6) is 0.764. The number of amides is 1. The lowest BCUT2D eigenvalue weighted by atomic mass is 10.2. The second-order valence-electron chi connectivity index (χ2n) is 5.52. The van der Waals surface area contributed by atoms with Crippen molar-refractivity contribution in [2.45, 2.75) is 0 Å². The van der Waals surface area contributed by atoms with Crippen molar-refractivity contribution in [3.05, 3.63) is 72.6 Å². The molecule has 0 aliphatic heterocycles. The summed E-state index contributed by atoms with van der Waals surface area (Å²) in [4.78, 5) is 17.1. The Kier molecular flexibility index (Phi) is 4.03. The van der Waals surface area contributed by atoms with Crippen molar-refractivity contribution in [1.82, 2.24) is 19.7 Å². The van der Waals surface area contributed by atoms with E-state index in [0.29, 0.717) is 17.3 Å². The molecule has 26 heavy (non-hydrogen) atoms. The fourth-order valence-electron chi connectivity index (χ4n) is 2.77. The third-order valence-corrected chi connectivity index (χ3v) is 3.96. The zero-order valence-corrected chi connectivity index (χ0v) is 14.0. The fourth-order valence-corrected chi connectivity index (χ4v) is 2.77. The van der Waals surface area contributed by atoms with Gasteiger partial charge in [-0.3, -0.25) is 14.7 Å². The van der Waals surface area contributed by atoms with Gasteiger partial charge in [0.25, 0.3) is 5.91 Å². The van der Waals surface area contributed by atoms with Gasteiger partial charge in [0.2, 0.25) is 5.95 Å². The van der Waals surface area contributed by atoms with Gasteiger partial charge >= 0.3 is 0 Å². The van der Waals surface area contributed by atoms with Crippen LogP contribution in [0.1, 0.15) is 10.4 Å². The molecule has 0 unspecified atom stereocenters. The highest BCUT2D eigenvalue weighted by Gasteiger charge is 2.18. The Morgan fingerprint density at radius 2 is 1.85 bits per heavy atom. The normalized spacial score (nSPS) is 10.7. The molecule has 0 saturated heterocycles. The number of anilines is 1. The number of nitrogens with one attached hydrogen (secondary N) is 1. The van der Waals surface area contributed by atoms with Gasteiger partial charge in [-0.25, -0.2) is 4.98 Å². The molecule has 0 radical (unpaired) electrons. The zero-order valence-electron chi connectivity index (χ0n) is 14.0. The van der Waals surface area contributed by atoms with Crippen LogP contribution in [0.25, 0.3) is 16.7 Å². The van der Waals surface area contributed by atoms with Crippen molar-refractivity contribution in [2.75, 3.05) is 12.4 Å². The van der Waals surface area contributed by atoms with Gasteiger partial charge in [0, 0.05) is 0 Å². The van der Waals surface area contributed by atoms with Crippen LogP contribution in [0.15, 0.2) is 67.0 Å². The van der Waals surface area contributed by atoms with Crippen molar-refractivity contribution in [2.24, 2.45) is 0 Å². The summed E-state index contributed by atoms with van der Waals surface area (Å²) >= 11 is 0. The minimum atomic E-state index is -0.314. The van der Waals surface area contributed by atoms with Crippen LogP contribution < -0.4 is 10.1 Å². The first-order valence-corrected chi connectivity index (χ1v) is 7.97. The molecule has 0 saturated carbocycles. The van der Waals surface area contributed by atoms with Crippen molar-refractivity contribution in [3.63, 3.8) is 0 Å². The van der Waals surface area contributed by atoms with E-state index >= 15 is 0 Å². The zero-order chi connectivity index (χ0) is 17.9. The molecule has 0 fully saturated rings. The molecule has 1 N–H and O–H groups in total. The Morgan fingerprint density at radius 1 is 1.04 bits per heavy atom. The van der Waals surface area contributed by atoms with E-state index in [-0.39, 0.29) is 5.91 Å². The minimum Gasteiger partial charge on any atom is -0.495 e. The number of imidazole rings is 1. The van der Waals surface area contributed by atoms with E-state index in [1.165, 1.54) is 12.4 Å². The highest BCUT2D eigenvalue weighted by Crippen LogP contribution is 2.30. The molecular formula is C19H15N5O2. The average Bonchev–Trinajstić information content (AvgIpc) is 3.06. The average molecular weight is 345 g/mol. The summed E-state index contributed by atoms with van der Waals surface area (Å²) in [6.45, 7) is 0. The smallest absolute Gasteiger partial charge is 0.259 e. The topological polar surface area (TPSA) is 81.9 Å². The summed E-state index contributed by atoms with van der Waals surface area (Å²) in [7, 11) is 1.61. The number of carbonyl (C=O) groups is 1. The Balaban J connectivity index is 1.86. The largest absolute Gasteiger partial charge is 0.495 e. The third kappa shape index (κ3) is 2.75. The SMILES string of the molecule is COc1ccccc1-n1c(NC(=O)c2ccnnc2)nc2ccccc21. The second kappa shape index (κ2) is 6.64. The molecule has 0 aliphatic rings. The molecule has 2 aromatic heterocycles. The molecular weight excluding hydrogens is 330 g/mol. The number of methoxy groups -OCH3 is 1. The van der Waals surface area contributed by atoms with Crippen LogP contribution in [-0.4, -0.2) is 32.8 Å². The van der Waals surface area contributed by atoms with Crippen LogP contribution >= 0.6 is 0 Å². The molecule has 7 nitrogen and oxygen atoms in total. The van der Waals surface area contributed by atoms with Crippen LogP contribution in [0, 0.1) is 0 Å². The molecule has 0 bridgehead atoms. The van der Waals surface area contributed by atoms with E-state index in [1.807, 2.05) is 53.1 Å². The maximum absolute atomic E-state index is 12.6. The standard InChI is InChI=1S/C19H15N5O2/c1-26-17-9-5-4-8-16(17)24-15-7-3-2-6-14(15)22-19(24)23-18(25)13-10-11-20-21-12-13/h2-12H,1H3,(H,22,23,25). The van der Waals surface area contributed by atoms with E-state index in [1.54, 1.807) is 13.2 Å². The lowest BCUT2D eigenvalue weighted by Crippen LogP contribution is -2.16. The monoisotopic (exact) mass is 345 g/mol. The third-order valence-electron chi connectivity index (χ3n) is 3.96. The summed E-state index contributed by atoms with van der Waals surface area (Å²) in [5, 5.41) is 10.3. The molecule has 7 heteroatoms. The van der Waals surface area contributed by atoms with Crippen molar-refractivity contribution < 1.29 is 9.53 Å². The number of fused-ring (bicyclic) bond motifs is 1. The number of benzene rings is 2. The lowest BCUT2D eigenvalue weighted by molar-refractivity contribution is 0.102. The maximum Gasteiger partial charge on any atom is 0.259 e. The summed E-state index contributed by atoms with van der Waals surface area (Å²) in [5.41, 5.74) is 2.81. The first kappa shape index (κ1) is 15.8. The van der Waals surface area contributed by atoms with Gasteiger partial charge in [0.05, 0.1) is 41.8 Å². The number of rotatable bonds is 4. The Hall–Kier alpha value is -3.74. The summed E-state index contributed by atoms with van der Waals surface area (Å²) in [6.07, 6.45) is 2.88. The maximum atomic E-state index is 12.6. The highest BCUT2D eigenvalue weighted by molar-refractivity contribution is 6.04. The summed E-state index contributed by atoms with van der Waals surface area (Å²) < 4.78 is 7.34. The lowest BCUT2D eigenvalue weighted by Gasteiger charge is -2.13. The van der Waals surface area contributed by atoms with Gasteiger partial charge in [0.15, 0.2) is 0 Å². The van der Waals surface area contributed by atoms with Gasteiger partial charge < -0.3 is 4.74 Å². The number of hydrogen-bond donors (Lipinski definition) is 1. The first-order valence-electron chi connectivity index (χ1n) is 7.97. The number of ether oxygens (including phenoxy) is 1. The molecule has 4 rings (SSSR count). The second-order valence-corrected chi connectivity index (χ2v) is 5.52. The number of nitrogens with zero attached hydrogens (tertiary/aromatic N) is 4. The van der Waals surface area contributed by atoms with Crippen LogP contribution in [0.3, 0.4) is 0 Å². The molecule has 0 spiro atoms. The minimum absolute atomic E-state index is 0.314. The Labute approximate surface area is 149 Å². The van der Waals surface area contributed by atoms with E-state index in [0.717, 1.165) is 16.7 Å². The van der Waals surface area contributed by atoms with Crippen molar-refractivity contribution >= 4 is 22.9 Å². The molecule has 2 heterocycles. The number of aromatic nitrogens is 4. The number of carbonyl (C=O) groups excluding carboxylic acids is 1. The van der Waals surface area contributed by atoms with Crippen LogP contribution in [-0.2, 0) is 0 Å². The van der Waals surface area contributed by atoms with Crippen molar-refractivity contribution in [3.8, 4) is 11.4 Å². The van der Waals surface area contributed by atoms with Gasteiger partial charge in [0.1, 0.15) is 5.75 Å². The van der Waals surface area contributed by atoms with Gasteiger partial charge in [-0.1, -0.05) is 24.3 Å². The number of hydrogen-bond acceptors (Lipinski definition) is 5. The highest BCUT2D eigenvalue weighted by atomic mass is 16.5.